The topological polar surface area (TPSA) is 18.5 Å². The first kappa shape index (κ1) is 27.9. The molecule has 2 aromatic rings. The first-order chi connectivity index (χ1) is 16.7. The normalized spacial score (nSPS) is 11.3. The van der Waals surface area contributed by atoms with Crippen LogP contribution in [-0.4, -0.2) is 13.2 Å². The average Bonchev–Trinajstić information content (AvgIpc) is 2.84. The standard InChI is InChI=1S/C30H42F2O2/c1-3-5-7-9-11-13-23-33-27-19-15-17-25(29(27)31)21-22-26-18-16-20-28(30(26)32)34-24-14-12-10-8-6-4-2/h15-22H,3-14,23-24H2,1-2H3/b22-21+. The Bertz CT molecular complexity index is 778. The van der Waals surface area contributed by atoms with Crippen LogP contribution < -0.4 is 9.47 Å². The first-order valence-corrected chi connectivity index (χ1v) is 13.2. The molecule has 0 aromatic heterocycles. The van der Waals surface area contributed by atoms with Crippen LogP contribution in [0.25, 0.3) is 12.2 Å². The zero-order valence-electron chi connectivity index (χ0n) is 21.1. The van der Waals surface area contributed by atoms with Crippen LogP contribution in [0.4, 0.5) is 8.78 Å². The molecule has 0 aliphatic heterocycles. The number of unbranched alkanes of at least 4 members (excludes halogenated alkanes) is 10. The van der Waals surface area contributed by atoms with Crippen molar-refractivity contribution >= 4 is 12.2 Å². The molecule has 0 atom stereocenters. The molecule has 0 aliphatic carbocycles. The zero-order valence-corrected chi connectivity index (χ0v) is 21.1. The van der Waals surface area contributed by atoms with Crippen molar-refractivity contribution in [2.24, 2.45) is 0 Å². The van der Waals surface area contributed by atoms with Gasteiger partial charge in [-0.3, -0.25) is 0 Å². The molecule has 0 bridgehead atoms. The summed E-state index contributed by atoms with van der Waals surface area (Å²) in [5.74, 6) is -0.347. The molecule has 2 aromatic carbocycles. The highest BCUT2D eigenvalue weighted by Crippen LogP contribution is 2.25. The van der Waals surface area contributed by atoms with Crippen molar-refractivity contribution in [1.29, 1.82) is 0 Å². The van der Waals surface area contributed by atoms with Crippen molar-refractivity contribution in [2.75, 3.05) is 13.2 Å². The molecule has 0 saturated heterocycles. The molecular formula is C30H42F2O2. The van der Waals surface area contributed by atoms with E-state index in [2.05, 4.69) is 13.8 Å². The minimum atomic E-state index is -0.416. The third kappa shape index (κ3) is 10.3. The number of rotatable bonds is 18. The third-order valence-electron chi connectivity index (χ3n) is 5.94. The molecule has 0 saturated carbocycles. The molecule has 0 amide bonds. The van der Waals surface area contributed by atoms with E-state index >= 15 is 0 Å². The van der Waals surface area contributed by atoms with Gasteiger partial charge >= 0.3 is 0 Å². The summed E-state index contributed by atoms with van der Waals surface area (Å²) in [6.45, 7) is 5.40. The molecule has 2 nitrogen and oxygen atoms in total. The molecule has 34 heavy (non-hydrogen) atoms. The smallest absolute Gasteiger partial charge is 0.172 e. The van der Waals surface area contributed by atoms with Gasteiger partial charge in [0.15, 0.2) is 23.1 Å². The minimum absolute atomic E-state index is 0.243. The summed E-state index contributed by atoms with van der Waals surface area (Å²) in [7, 11) is 0. The maximum absolute atomic E-state index is 14.9. The van der Waals surface area contributed by atoms with Gasteiger partial charge in [-0.05, 0) is 25.0 Å². The fraction of sp³-hybridized carbons (Fsp3) is 0.533. The summed E-state index contributed by atoms with van der Waals surface area (Å²) < 4.78 is 41.0. The molecule has 0 heterocycles. The molecule has 4 heteroatoms. The summed E-state index contributed by atoms with van der Waals surface area (Å²) in [4.78, 5) is 0. The van der Waals surface area contributed by atoms with Gasteiger partial charge in [0.25, 0.3) is 0 Å². The molecule has 2 rings (SSSR count). The summed E-state index contributed by atoms with van der Waals surface area (Å²) >= 11 is 0. The highest BCUT2D eigenvalue weighted by molar-refractivity contribution is 5.71. The largest absolute Gasteiger partial charge is 0.490 e. The van der Waals surface area contributed by atoms with Crippen LogP contribution in [-0.2, 0) is 0 Å². The Morgan fingerprint density at radius 2 is 0.941 bits per heavy atom. The van der Waals surface area contributed by atoms with Crippen LogP contribution in [0.2, 0.25) is 0 Å². The highest BCUT2D eigenvalue weighted by Gasteiger charge is 2.10. The molecule has 0 radical (unpaired) electrons. The van der Waals surface area contributed by atoms with Crippen molar-refractivity contribution in [3.8, 4) is 11.5 Å². The van der Waals surface area contributed by atoms with Gasteiger partial charge in [-0.15, -0.1) is 0 Å². The van der Waals surface area contributed by atoms with Crippen molar-refractivity contribution in [1.82, 2.24) is 0 Å². The second kappa shape index (κ2) is 17.1. The first-order valence-electron chi connectivity index (χ1n) is 13.2. The van der Waals surface area contributed by atoms with Crippen LogP contribution in [0.3, 0.4) is 0 Å². The SMILES string of the molecule is CCCCCCCCOc1cccc(/C=C/c2cccc(OCCCCCCCC)c2F)c1F. The van der Waals surface area contributed by atoms with E-state index in [0.717, 1.165) is 25.7 Å². The minimum Gasteiger partial charge on any atom is -0.490 e. The zero-order chi connectivity index (χ0) is 24.4. The molecule has 0 spiro atoms. The van der Waals surface area contributed by atoms with E-state index in [1.165, 1.54) is 51.4 Å². The Labute approximate surface area is 205 Å². The number of hydrogen-bond donors (Lipinski definition) is 0. The number of halogens is 2. The van der Waals surface area contributed by atoms with Gasteiger partial charge in [0, 0.05) is 11.1 Å². The van der Waals surface area contributed by atoms with Gasteiger partial charge in [0.1, 0.15) is 0 Å². The van der Waals surface area contributed by atoms with Gasteiger partial charge in [-0.25, -0.2) is 8.78 Å². The molecular weight excluding hydrogens is 430 g/mol. The quantitative estimate of drug-likeness (QED) is 0.159. The van der Waals surface area contributed by atoms with Crippen molar-refractivity contribution < 1.29 is 18.3 Å². The van der Waals surface area contributed by atoms with Crippen LogP contribution in [0.15, 0.2) is 36.4 Å². The highest BCUT2D eigenvalue weighted by atomic mass is 19.1. The van der Waals surface area contributed by atoms with E-state index in [1.807, 2.05) is 0 Å². The average molecular weight is 473 g/mol. The van der Waals surface area contributed by atoms with Crippen LogP contribution in [0.5, 0.6) is 11.5 Å². The predicted octanol–water partition coefficient (Wildman–Crippen LogP) is 9.61. The maximum atomic E-state index is 14.9. The Kier molecular flexibility index (Phi) is 14.0. The Morgan fingerprint density at radius 3 is 1.35 bits per heavy atom. The van der Waals surface area contributed by atoms with E-state index < -0.39 is 11.6 Å². The van der Waals surface area contributed by atoms with Crippen molar-refractivity contribution in [3.63, 3.8) is 0 Å². The molecule has 0 fully saturated rings. The Hall–Kier alpha value is -2.36. The lowest BCUT2D eigenvalue weighted by Gasteiger charge is -2.10. The Balaban J connectivity index is 1.87. The van der Waals surface area contributed by atoms with E-state index in [4.69, 9.17) is 9.47 Å². The van der Waals surface area contributed by atoms with Crippen LogP contribution in [0, 0.1) is 11.6 Å². The fourth-order valence-corrected chi connectivity index (χ4v) is 3.84. The second-order valence-electron chi connectivity index (χ2n) is 8.88. The van der Waals surface area contributed by atoms with Crippen LogP contribution in [0.1, 0.15) is 102 Å². The van der Waals surface area contributed by atoms with Gasteiger partial charge in [0.05, 0.1) is 13.2 Å². The molecule has 0 aliphatic rings. The molecule has 0 unspecified atom stereocenters. The number of ether oxygens (including phenoxy) is 2. The number of hydrogen-bond acceptors (Lipinski definition) is 2. The van der Waals surface area contributed by atoms with Gasteiger partial charge in [-0.1, -0.05) is 114 Å². The predicted molar refractivity (Wildman–Crippen MR) is 139 cm³/mol. The van der Waals surface area contributed by atoms with Gasteiger partial charge in [-0.2, -0.15) is 0 Å². The van der Waals surface area contributed by atoms with Crippen LogP contribution >= 0.6 is 0 Å². The maximum Gasteiger partial charge on any atom is 0.172 e. The van der Waals surface area contributed by atoms with Crippen molar-refractivity contribution in [2.45, 2.75) is 90.9 Å². The monoisotopic (exact) mass is 472 g/mol. The van der Waals surface area contributed by atoms with E-state index in [-0.39, 0.29) is 11.5 Å². The lowest BCUT2D eigenvalue weighted by Crippen LogP contribution is -2.00. The summed E-state index contributed by atoms with van der Waals surface area (Å²) in [6, 6.07) is 10.1. The van der Waals surface area contributed by atoms with Gasteiger partial charge < -0.3 is 9.47 Å². The van der Waals surface area contributed by atoms with Crippen molar-refractivity contribution in [3.05, 3.63) is 59.2 Å². The summed E-state index contributed by atoms with van der Waals surface area (Å²) in [5, 5.41) is 0. The molecule has 0 N–H and O–H groups in total. The lowest BCUT2D eigenvalue weighted by molar-refractivity contribution is 0.289. The Morgan fingerprint density at radius 1 is 0.559 bits per heavy atom. The summed E-state index contributed by atoms with van der Waals surface area (Å²) in [6.07, 6.45) is 17.0. The lowest BCUT2D eigenvalue weighted by atomic mass is 10.1. The van der Waals surface area contributed by atoms with Gasteiger partial charge in [0.2, 0.25) is 0 Å². The molecule has 188 valence electrons. The van der Waals surface area contributed by atoms with E-state index in [1.54, 1.807) is 48.6 Å². The third-order valence-corrected chi connectivity index (χ3v) is 5.94. The summed E-state index contributed by atoms with van der Waals surface area (Å²) in [5.41, 5.74) is 0.747. The van der Waals surface area contributed by atoms with E-state index in [9.17, 15) is 8.78 Å². The second-order valence-corrected chi connectivity index (χ2v) is 8.88. The number of benzene rings is 2. The fourth-order valence-electron chi connectivity index (χ4n) is 3.84. The van der Waals surface area contributed by atoms with E-state index in [0.29, 0.717) is 24.3 Å².